The number of amides is 1. The molecular weight excluding hydrogens is 572 g/mol. The summed E-state index contributed by atoms with van der Waals surface area (Å²) in [6.45, 7) is 4.99. The molecule has 2 aromatic carbocycles. The lowest BCUT2D eigenvalue weighted by Crippen LogP contribution is -2.42. The molecule has 0 saturated carbocycles. The van der Waals surface area contributed by atoms with Gasteiger partial charge in [-0.15, -0.1) is 0 Å². The molecule has 2 aliphatic rings. The van der Waals surface area contributed by atoms with E-state index in [0.29, 0.717) is 24.8 Å². The van der Waals surface area contributed by atoms with Crippen LogP contribution in [0.3, 0.4) is 0 Å². The Hall–Kier alpha value is -4.70. The van der Waals surface area contributed by atoms with E-state index in [0.717, 1.165) is 54.7 Å². The van der Waals surface area contributed by atoms with Crippen LogP contribution in [0.1, 0.15) is 77.7 Å². The summed E-state index contributed by atoms with van der Waals surface area (Å²) in [5.74, 6) is 0.441. The molecule has 1 saturated heterocycles. The van der Waals surface area contributed by atoms with Gasteiger partial charge in [0.15, 0.2) is 5.82 Å². The predicted octanol–water partition coefficient (Wildman–Crippen LogP) is 5.36. The number of fused-ring (bicyclic) bond motifs is 1. The number of aryl methyl sites for hydroxylation is 2. The highest BCUT2D eigenvalue weighted by Gasteiger charge is 2.30. The minimum Gasteiger partial charge on any atom is -0.486 e. The summed E-state index contributed by atoms with van der Waals surface area (Å²) in [6.07, 6.45) is 4.52. The number of carboxylic acids is 1. The van der Waals surface area contributed by atoms with Crippen LogP contribution in [0, 0.1) is 0 Å². The van der Waals surface area contributed by atoms with Crippen LogP contribution >= 0.6 is 0 Å². The van der Waals surface area contributed by atoms with Crippen LogP contribution in [0.25, 0.3) is 17.1 Å². The Balaban J connectivity index is 1.24. The summed E-state index contributed by atoms with van der Waals surface area (Å²) in [7, 11) is 1.41. The third-order valence-corrected chi connectivity index (χ3v) is 8.95. The maximum absolute atomic E-state index is 12.2. The SMILES string of the molecule is CCc1cc(OC2CCc3cccc(-c4cccc(-n5ncc(C(=O)O)c5OC)n4)c32)ccc1C1CCN(C(=O)C(C)O)CC1. The zero-order valence-electron chi connectivity index (χ0n) is 25.8. The Kier molecular flexibility index (Phi) is 8.58. The molecule has 10 heteroatoms. The van der Waals surface area contributed by atoms with E-state index in [-0.39, 0.29) is 23.5 Å². The minimum absolute atomic E-state index is 0.0341. The molecule has 234 valence electrons. The second-order valence-electron chi connectivity index (χ2n) is 11.7. The average Bonchev–Trinajstić information content (AvgIpc) is 3.69. The predicted molar refractivity (Wildman–Crippen MR) is 168 cm³/mol. The molecular formula is C35H38N4O6. The number of carbonyl (C=O) groups excluding carboxylic acids is 1. The molecule has 0 spiro atoms. The second-order valence-corrected chi connectivity index (χ2v) is 11.7. The molecule has 4 aromatic rings. The van der Waals surface area contributed by atoms with Crippen molar-refractivity contribution in [3.05, 3.63) is 88.6 Å². The molecule has 0 bridgehead atoms. The van der Waals surface area contributed by atoms with Gasteiger partial charge in [-0.05, 0) is 85.9 Å². The monoisotopic (exact) mass is 610 g/mol. The molecule has 2 unspecified atom stereocenters. The number of aromatic nitrogens is 3. The lowest BCUT2D eigenvalue weighted by molar-refractivity contribution is -0.140. The average molecular weight is 611 g/mol. The minimum atomic E-state index is -1.12. The number of carboxylic acid groups (broad SMARTS) is 1. The molecule has 2 atom stereocenters. The Morgan fingerprint density at radius 3 is 2.56 bits per heavy atom. The number of rotatable bonds is 9. The molecule has 2 aromatic heterocycles. The topological polar surface area (TPSA) is 127 Å². The van der Waals surface area contributed by atoms with Crippen molar-refractivity contribution in [2.75, 3.05) is 20.2 Å². The van der Waals surface area contributed by atoms with E-state index >= 15 is 0 Å². The zero-order chi connectivity index (χ0) is 31.7. The molecule has 1 fully saturated rings. The summed E-state index contributed by atoms with van der Waals surface area (Å²) in [4.78, 5) is 30.5. The number of carbonyl (C=O) groups is 2. The number of benzene rings is 2. The van der Waals surface area contributed by atoms with Crippen molar-refractivity contribution in [2.24, 2.45) is 0 Å². The van der Waals surface area contributed by atoms with Gasteiger partial charge < -0.3 is 24.6 Å². The van der Waals surface area contributed by atoms with Crippen LogP contribution in [0.15, 0.2) is 60.8 Å². The van der Waals surface area contributed by atoms with E-state index in [1.54, 1.807) is 11.0 Å². The van der Waals surface area contributed by atoms with Gasteiger partial charge in [0, 0.05) is 24.2 Å². The van der Waals surface area contributed by atoms with E-state index in [1.807, 2.05) is 24.3 Å². The molecule has 10 nitrogen and oxygen atoms in total. The number of likely N-dealkylation sites (tertiary alicyclic amines) is 1. The molecule has 6 rings (SSSR count). The Morgan fingerprint density at radius 1 is 1.07 bits per heavy atom. The zero-order valence-corrected chi connectivity index (χ0v) is 25.8. The van der Waals surface area contributed by atoms with Gasteiger partial charge in [0.2, 0.25) is 5.88 Å². The van der Waals surface area contributed by atoms with Gasteiger partial charge in [-0.1, -0.05) is 37.3 Å². The summed E-state index contributed by atoms with van der Waals surface area (Å²) >= 11 is 0. The number of piperidine rings is 1. The Bertz CT molecular complexity index is 1720. The van der Waals surface area contributed by atoms with Crippen LogP contribution in [0.2, 0.25) is 0 Å². The third kappa shape index (κ3) is 5.90. The first-order valence-corrected chi connectivity index (χ1v) is 15.5. The van der Waals surface area contributed by atoms with Crippen molar-refractivity contribution in [2.45, 2.75) is 64.1 Å². The van der Waals surface area contributed by atoms with E-state index in [1.165, 1.54) is 41.6 Å². The normalized spacial score (nSPS) is 17.2. The number of aromatic carboxylic acids is 1. The second kappa shape index (κ2) is 12.7. The number of aliphatic hydroxyl groups excluding tert-OH is 1. The first-order chi connectivity index (χ1) is 21.8. The van der Waals surface area contributed by atoms with E-state index in [2.05, 4.69) is 36.3 Å². The van der Waals surface area contributed by atoms with Gasteiger partial charge in [0.05, 0.1) is 19.0 Å². The van der Waals surface area contributed by atoms with Gasteiger partial charge in [0.1, 0.15) is 23.5 Å². The van der Waals surface area contributed by atoms with Gasteiger partial charge in [-0.2, -0.15) is 9.78 Å². The van der Waals surface area contributed by atoms with Crippen molar-refractivity contribution in [3.8, 4) is 28.7 Å². The van der Waals surface area contributed by atoms with Crippen LogP contribution < -0.4 is 9.47 Å². The van der Waals surface area contributed by atoms with Gasteiger partial charge >= 0.3 is 5.97 Å². The molecule has 1 aliphatic carbocycles. The maximum Gasteiger partial charge on any atom is 0.342 e. The first kappa shape index (κ1) is 30.3. The van der Waals surface area contributed by atoms with Gasteiger partial charge in [0.25, 0.3) is 5.91 Å². The van der Waals surface area contributed by atoms with Gasteiger partial charge in [-0.25, -0.2) is 9.78 Å². The van der Waals surface area contributed by atoms with E-state index in [9.17, 15) is 19.8 Å². The van der Waals surface area contributed by atoms with Crippen LogP contribution in [0.5, 0.6) is 11.6 Å². The smallest absolute Gasteiger partial charge is 0.342 e. The Morgan fingerprint density at radius 2 is 1.84 bits per heavy atom. The summed E-state index contributed by atoms with van der Waals surface area (Å²) in [5, 5.41) is 23.4. The fraction of sp³-hybridized carbons (Fsp3) is 0.371. The number of ether oxygens (including phenoxy) is 2. The van der Waals surface area contributed by atoms with Crippen molar-refractivity contribution >= 4 is 11.9 Å². The maximum atomic E-state index is 12.2. The van der Waals surface area contributed by atoms with Crippen LogP contribution in [-0.2, 0) is 17.6 Å². The highest BCUT2D eigenvalue weighted by molar-refractivity contribution is 5.90. The number of hydrogen-bond acceptors (Lipinski definition) is 7. The van der Waals surface area contributed by atoms with Crippen molar-refractivity contribution in [1.82, 2.24) is 19.7 Å². The lowest BCUT2D eigenvalue weighted by Gasteiger charge is -2.33. The molecule has 0 radical (unpaired) electrons. The van der Waals surface area contributed by atoms with Crippen LogP contribution in [-0.4, -0.2) is 68.1 Å². The third-order valence-electron chi connectivity index (χ3n) is 8.95. The number of pyridine rings is 1. The van der Waals surface area contributed by atoms with Gasteiger partial charge in [-0.3, -0.25) is 4.79 Å². The summed E-state index contributed by atoms with van der Waals surface area (Å²) < 4.78 is 13.4. The molecule has 1 amide bonds. The fourth-order valence-electron chi connectivity index (χ4n) is 6.72. The lowest BCUT2D eigenvalue weighted by atomic mass is 9.85. The number of nitrogens with zero attached hydrogens (tertiary/aromatic N) is 4. The highest BCUT2D eigenvalue weighted by atomic mass is 16.5. The van der Waals surface area contributed by atoms with E-state index < -0.39 is 12.1 Å². The molecule has 3 heterocycles. The standard InChI is InChI=1S/C35H38N4O6/c1-4-22-19-25(12-13-26(22)23-15-17-38(18-16-23)33(41)21(2)40)45-30-14-11-24-7-5-8-27(32(24)30)29-9-6-10-31(37-29)39-34(44-3)28(20-36-39)35(42)43/h5-10,12-13,19-21,23,30,40H,4,11,14-18H2,1-3H3,(H,42,43). The van der Waals surface area contributed by atoms with E-state index in [4.69, 9.17) is 14.5 Å². The largest absolute Gasteiger partial charge is 0.486 e. The highest BCUT2D eigenvalue weighted by Crippen LogP contribution is 2.42. The van der Waals surface area contributed by atoms with Crippen molar-refractivity contribution < 1.29 is 29.3 Å². The Labute approximate surface area is 262 Å². The molecule has 2 N–H and O–H groups in total. The van der Waals surface area contributed by atoms with Crippen LogP contribution in [0.4, 0.5) is 0 Å². The number of hydrogen-bond donors (Lipinski definition) is 2. The first-order valence-electron chi connectivity index (χ1n) is 15.5. The number of methoxy groups -OCH3 is 1. The summed E-state index contributed by atoms with van der Waals surface area (Å²) in [6, 6.07) is 18.2. The summed E-state index contributed by atoms with van der Waals surface area (Å²) in [5.41, 5.74) is 6.56. The van der Waals surface area contributed by atoms with Crippen molar-refractivity contribution in [1.29, 1.82) is 0 Å². The number of aliphatic hydroxyl groups is 1. The van der Waals surface area contributed by atoms with Crippen molar-refractivity contribution in [3.63, 3.8) is 0 Å². The molecule has 45 heavy (non-hydrogen) atoms. The fourth-order valence-corrected chi connectivity index (χ4v) is 6.72. The molecule has 1 aliphatic heterocycles. The quantitative estimate of drug-likeness (QED) is 0.260.